The molecule has 200 valence electrons. The average Bonchev–Trinajstić information content (AvgIpc) is 3.49. The van der Waals surface area contributed by atoms with Crippen LogP contribution in [0.5, 0.6) is 11.5 Å². The molecule has 6 aromatic rings. The summed E-state index contributed by atoms with van der Waals surface area (Å²) >= 11 is 0. The van der Waals surface area contributed by atoms with Crippen molar-refractivity contribution in [2.24, 2.45) is 0 Å². The zero-order valence-corrected chi connectivity index (χ0v) is 22.5. The Hall–Kier alpha value is -5.42. The molecule has 5 nitrogen and oxygen atoms in total. The molecule has 0 aliphatic carbocycles. The van der Waals surface area contributed by atoms with Gasteiger partial charge in [0.25, 0.3) is 5.91 Å². The molecule has 0 aliphatic heterocycles. The Labute approximate surface area is 239 Å². The molecule has 0 aliphatic rings. The molecule has 0 saturated carbocycles. The number of nitrogens with one attached hydrogen (secondary N) is 1. The van der Waals surface area contributed by atoms with Crippen molar-refractivity contribution < 1.29 is 9.53 Å². The predicted molar refractivity (Wildman–Crippen MR) is 163 cm³/mol. The van der Waals surface area contributed by atoms with E-state index in [1.807, 2.05) is 120 Å². The summed E-state index contributed by atoms with van der Waals surface area (Å²) in [4.78, 5) is 12.9. The van der Waals surface area contributed by atoms with Crippen LogP contribution in [0.25, 0.3) is 28.2 Å². The van der Waals surface area contributed by atoms with Gasteiger partial charge in [-0.2, -0.15) is 5.10 Å². The predicted octanol–water partition coefficient (Wildman–Crippen LogP) is 7.97. The lowest BCUT2D eigenvalue weighted by Gasteiger charge is -2.10. The van der Waals surface area contributed by atoms with Crippen LogP contribution in [0.2, 0.25) is 0 Å². The number of rotatable bonds is 9. The van der Waals surface area contributed by atoms with Gasteiger partial charge in [0.15, 0.2) is 0 Å². The first kappa shape index (κ1) is 25.8. The second-order valence-corrected chi connectivity index (χ2v) is 9.67. The van der Waals surface area contributed by atoms with E-state index in [0.29, 0.717) is 12.1 Å². The Balaban J connectivity index is 1.11. The Morgan fingerprint density at radius 2 is 1.24 bits per heavy atom. The van der Waals surface area contributed by atoms with E-state index < -0.39 is 0 Å². The van der Waals surface area contributed by atoms with Crippen LogP contribution in [0.4, 0.5) is 0 Å². The Morgan fingerprint density at radius 3 is 1.90 bits per heavy atom. The summed E-state index contributed by atoms with van der Waals surface area (Å²) in [6.07, 6.45) is 0.728. The first-order valence-electron chi connectivity index (χ1n) is 13.6. The number of hydrogen-bond acceptors (Lipinski definition) is 3. The zero-order chi connectivity index (χ0) is 27.9. The molecule has 0 saturated heterocycles. The molecule has 0 spiro atoms. The highest BCUT2D eigenvalue weighted by atomic mass is 16.5. The minimum atomic E-state index is -0.102. The van der Waals surface area contributed by atoms with E-state index in [-0.39, 0.29) is 5.91 Å². The van der Waals surface area contributed by atoms with Gasteiger partial charge >= 0.3 is 0 Å². The van der Waals surface area contributed by atoms with E-state index in [2.05, 4.69) is 35.6 Å². The lowest BCUT2D eigenvalue weighted by atomic mass is 10.1. The van der Waals surface area contributed by atoms with Crippen molar-refractivity contribution in [3.8, 4) is 39.7 Å². The second-order valence-electron chi connectivity index (χ2n) is 9.67. The molecule has 5 aromatic carbocycles. The van der Waals surface area contributed by atoms with Gasteiger partial charge in [-0.3, -0.25) is 4.79 Å². The quantitative estimate of drug-likeness (QED) is 0.204. The van der Waals surface area contributed by atoms with Crippen molar-refractivity contribution in [1.82, 2.24) is 15.1 Å². The fourth-order valence-corrected chi connectivity index (χ4v) is 4.67. The average molecular weight is 536 g/mol. The van der Waals surface area contributed by atoms with Gasteiger partial charge in [-0.1, -0.05) is 91.0 Å². The second kappa shape index (κ2) is 12.2. The first-order chi connectivity index (χ1) is 20.2. The molecule has 0 radical (unpaired) electrons. The maximum absolute atomic E-state index is 12.9. The highest BCUT2D eigenvalue weighted by Gasteiger charge is 2.14. The van der Waals surface area contributed by atoms with Crippen LogP contribution in [0.15, 0.2) is 146 Å². The van der Waals surface area contributed by atoms with Crippen molar-refractivity contribution in [2.45, 2.75) is 6.42 Å². The number of para-hydroxylation sites is 1. The number of ether oxygens (including phenoxy) is 1. The molecule has 0 fully saturated rings. The number of carbonyl (C=O) groups excluding carboxylic acids is 1. The largest absolute Gasteiger partial charge is 0.457 e. The molecular formula is C36H29N3O2. The molecular weight excluding hydrogens is 506 g/mol. The van der Waals surface area contributed by atoms with Gasteiger partial charge in [0.1, 0.15) is 11.5 Å². The minimum Gasteiger partial charge on any atom is -0.457 e. The molecule has 5 heteroatoms. The first-order valence-corrected chi connectivity index (χ1v) is 13.6. The summed E-state index contributed by atoms with van der Waals surface area (Å²) < 4.78 is 7.79. The zero-order valence-electron chi connectivity index (χ0n) is 22.5. The van der Waals surface area contributed by atoms with Crippen molar-refractivity contribution in [3.63, 3.8) is 0 Å². The maximum Gasteiger partial charge on any atom is 0.251 e. The number of amides is 1. The lowest BCUT2D eigenvalue weighted by molar-refractivity contribution is 0.0954. The van der Waals surface area contributed by atoms with Gasteiger partial charge < -0.3 is 10.1 Å². The van der Waals surface area contributed by atoms with E-state index in [1.54, 1.807) is 0 Å². The lowest BCUT2D eigenvalue weighted by Crippen LogP contribution is -2.25. The fraction of sp³-hybridized carbons (Fsp3) is 0.0556. The third kappa shape index (κ3) is 6.26. The molecule has 1 heterocycles. The van der Waals surface area contributed by atoms with E-state index in [1.165, 1.54) is 0 Å². The standard InChI is InChI=1S/C36H29N3O2/c40-36(37-25-24-27-16-22-33(23-17-27)41-32-14-8-3-9-15-32)30-18-20-31(21-19-30)39-35(29-12-6-2-7-13-29)26-34(38-39)28-10-4-1-5-11-28/h1-23,26H,24-25H2,(H,37,40). The smallest absolute Gasteiger partial charge is 0.251 e. The summed E-state index contributed by atoms with van der Waals surface area (Å²) in [5.41, 5.74) is 6.63. The highest BCUT2D eigenvalue weighted by Crippen LogP contribution is 2.29. The summed E-state index contributed by atoms with van der Waals surface area (Å²) in [5.74, 6) is 1.49. The number of nitrogens with zero attached hydrogens (tertiary/aromatic N) is 2. The van der Waals surface area contributed by atoms with Gasteiger partial charge in [0.2, 0.25) is 0 Å². The summed E-state index contributed by atoms with van der Waals surface area (Å²) in [5, 5.41) is 7.95. The molecule has 41 heavy (non-hydrogen) atoms. The van der Waals surface area contributed by atoms with Crippen LogP contribution < -0.4 is 10.1 Å². The number of aromatic nitrogens is 2. The van der Waals surface area contributed by atoms with Gasteiger partial charge in [-0.25, -0.2) is 4.68 Å². The molecule has 1 amide bonds. The Kier molecular flexibility index (Phi) is 7.68. The molecule has 1 aromatic heterocycles. The Morgan fingerprint density at radius 1 is 0.659 bits per heavy atom. The number of carbonyl (C=O) groups is 1. The number of hydrogen-bond donors (Lipinski definition) is 1. The molecule has 0 unspecified atom stereocenters. The summed E-state index contributed by atoms with van der Waals surface area (Å²) in [6, 6.07) is 47.7. The third-order valence-corrected chi connectivity index (χ3v) is 6.82. The van der Waals surface area contributed by atoms with Crippen molar-refractivity contribution in [3.05, 3.63) is 157 Å². The van der Waals surface area contributed by atoms with Crippen LogP contribution in [-0.4, -0.2) is 22.2 Å². The van der Waals surface area contributed by atoms with E-state index in [9.17, 15) is 4.79 Å². The van der Waals surface area contributed by atoms with Crippen molar-refractivity contribution in [1.29, 1.82) is 0 Å². The van der Waals surface area contributed by atoms with Gasteiger partial charge in [0, 0.05) is 23.2 Å². The maximum atomic E-state index is 12.9. The van der Waals surface area contributed by atoms with Gasteiger partial charge in [-0.15, -0.1) is 0 Å². The monoisotopic (exact) mass is 535 g/mol. The molecule has 0 atom stereocenters. The van der Waals surface area contributed by atoms with Crippen molar-refractivity contribution in [2.75, 3.05) is 6.54 Å². The normalized spacial score (nSPS) is 10.7. The van der Waals surface area contributed by atoms with Crippen LogP contribution >= 0.6 is 0 Å². The van der Waals surface area contributed by atoms with Crippen molar-refractivity contribution >= 4 is 5.91 Å². The number of benzene rings is 5. The summed E-state index contributed by atoms with van der Waals surface area (Å²) in [6.45, 7) is 0.539. The van der Waals surface area contributed by atoms with Crippen LogP contribution in [0.3, 0.4) is 0 Å². The summed E-state index contributed by atoms with van der Waals surface area (Å²) in [7, 11) is 0. The van der Waals surface area contributed by atoms with E-state index >= 15 is 0 Å². The molecule has 0 bridgehead atoms. The fourth-order valence-electron chi connectivity index (χ4n) is 4.67. The SMILES string of the molecule is O=C(NCCc1ccc(Oc2ccccc2)cc1)c1ccc(-n2nc(-c3ccccc3)cc2-c2ccccc2)cc1. The highest BCUT2D eigenvalue weighted by molar-refractivity contribution is 5.94. The van der Waals surface area contributed by atoms with Gasteiger partial charge in [-0.05, 0) is 66.6 Å². The third-order valence-electron chi connectivity index (χ3n) is 6.82. The van der Waals surface area contributed by atoms with E-state index in [4.69, 9.17) is 9.84 Å². The van der Waals surface area contributed by atoms with E-state index in [0.717, 1.165) is 51.7 Å². The minimum absolute atomic E-state index is 0.102. The Bertz CT molecular complexity index is 1710. The molecule has 6 rings (SSSR count). The van der Waals surface area contributed by atoms with Crippen LogP contribution in [0.1, 0.15) is 15.9 Å². The van der Waals surface area contributed by atoms with Gasteiger partial charge in [0.05, 0.1) is 17.1 Å². The van der Waals surface area contributed by atoms with Crippen LogP contribution in [-0.2, 0) is 6.42 Å². The van der Waals surface area contributed by atoms with Crippen LogP contribution in [0, 0.1) is 0 Å². The molecule has 1 N–H and O–H groups in total. The topological polar surface area (TPSA) is 56.1 Å².